The zero-order valence-electron chi connectivity index (χ0n) is 18.3. The van der Waals surface area contributed by atoms with Crippen LogP contribution >= 0.6 is 0 Å². The molecule has 0 aliphatic heterocycles. The van der Waals surface area contributed by atoms with Gasteiger partial charge in [-0.15, -0.1) is 5.10 Å². The fourth-order valence-electron chi connectivity index (χ4n) is 3.74. The lowest BCUT2D eigenvalue weighted by Gasteiger charge is -2.36. The highest BCUT2D eigenvalue weighted by Crippen LogP contribution is 2.32. The Morgan fingerprint density at radius 2 is 1.89 bits per heavy atom. The molecule has 1 N–H and O–H groups in total. The Morgan fingerprint density at radius 1 is 1.17 bits per heavy atom. The van der Waals surface area contributed by atoms with Crippen LogP contribution in [-0.2, 0) is 27.2 Å². The van der Waals surface area contributed by atoms with Crippen LogP contribution in [0.5, 0.6) is 5.88 Å². The van der Waals surface area contributed by atoms with Crippen molar-refractivity contribution in [3.8, 4) is 11.6 Å². The molecule has 0 radical (unpaired) electrons. The summed E-state index contributed by atoms with van der Waals surface area (Å²) in [5, 5.41) is 6.00. The molecule has 13 heteroatoms. The Hall–Kier alpha value is -3.48. The number of benzene rings is 1. The summed E-state index contributed by atoms with van der Waals surface area (Å²) in [7, 11) is -2.43. The number of rotatable bonds is 7. The van der Waals surface area contributed by atoms with Crippen LogP contribution in [0.15, 0.2) is 53.7 Å². The molecule has 0 saturated heterocycles. The van der Waals surface area contributed by atoms with Gasteiger partial charge in [0.05, 0.1) is 35.6 Å². The van der Waals surface area contributed by atoms with Crippen molar-refractivity contribution in [1.29, 1.82) is 0 Å². The van der Waals surface area contributed by atoms with E-state index in [9.17, 15) is 30.8 Å². The van der Waals surface area contributed by atoms with Gasteiger partial charge in [-0.2, -0.15) is 13.2 Å². The van der Waals surface area contributed by atoms with Gasteiger partial charge in [0.15, 0.2) is 9.84 Å². The van der Waals surface area contributed by atoms with Gasteiger partial charge in [-0.3, -0.25) is 4.79 Å². The highest BCUT2D eigenvalue weighted by molar-refractivity contribution is 7.92. The summed E-state index contributed by atoms with van der Waals surface area (Å²) < 4.78 is 83.5. The van der Waals surface area contributed by atoms with E-state index in [4.69, 9.17) is 4.74 Å². The van der Waals surface area contributed by atoms with E-state index in [1.807, 2.05) is 0 Å². The van der Waals surface area contributed by atoms with Crippen LogP contribution in [0.2, 0.25) is 0 Å². The Balaban J connectivity index is 1.45. The first-order valence-electron chi connectivity index (χ1n) is 10.4. The van der Waals surface area contributed by atoms with Crippen LogP contribution in [0.3, 0.4) is 0 Å². The first-order chi connectivity index (χ1) is 16.5. The number of carbonyl (C=O) groups is 1. The van der Waals surface area contributed by atoms with E-state index in [1.54, 1.807) is 0 Å². The third-order valence-corrected chi connectivity index (χ3v) is 7.99. The lowest BCUT2D eigenvalue weighted by atomic mass is 9.92. The van der Waals surface area contributed by atoms with Crippen molar-refractivity contribution in [2.24, 2.45) is 0 Å². The minimum Gasteiger partial charge on any atom is -0.480 e. The van der Waals surface area contributed by atoms with Gasteiger partial charge in [-0.05, 0) is 49.2 Å². The molecule has 1 aliphatic rings. The van der Waals surface area contributed by atoms with Crippen LogP contribution in [0, 0.1) is 5.82 Å². The minimum atomic E-state index is -4.58. The lowest BCUT2D eigenvalue weighted by molar-refractivity contribution is -0.141. The number of ether oxygens (including phenoxy) is 1. The van der Waals surface area contributed by atoms with E-state index in [-0.39, 0.29) is 22.9 Å². The largest absolute Gasteiger partial charge is 0.480 e. The standard InChI is InChI=1S/C22H20F4N4O4S/c1-34-21-13(12-30(29-21)15-4-9-19(27-11-15)22(24,25)26)10-20(31)28-17-7-8-18(17)35(32,33)16-5-2-14(23)3-6-16/h2-6,9,11-12,17-18H,7-8,10H2,1H3,(H,28,31). The number of sulfone groups is 1. The molecule has 1 amide bonds. The summed E-state index contributed by atoms with van der Waals surface area (Å²) in [5.41, 5.74) is -0.472. The molecule has 35 heavy (non-hydrogen) atoms. The van der Waals surface area contributed by atoms with Crippen molar-refractivity contribution in [3.05, 3.63) is 65.9 Å². The molecule has 2 unspecified atom stereocenters. The predicted octanol–water partition coefficient (Wildman–Crippen LogP) is 3.10. The van der Waals surface area contributed by atoms with Crippen molar-refractivity contribution in [2.45, 2.75) is 41.6 Å². The van der Waals surface area contributed by atoms with Crippen molar-refractivity contribution in [1.82, 2.24) is 20.1 Å². The fraction of sp³-hybridized carbons (Fsp3) is 0.318. The van der Waals surface area contributed by atoms with Crippen molar-refractivity contribution < 1.29 is 35.5 Å². The summed E-state index contributed by atoms with van der Waals surface area (Å²) in [5.74, 6) is -0.939. The molecule has 4 rings (SSSR count). The number of alkyl halides is 3. The molecular formula is C22H20F4N4O4S. The van der Waals surface area contributed by atoms with Crippen LogP contribution < -0.4 is 10.1 Å². The van der Waals surface area contributed by atoms with Crippen LogP contribution in [0.4, 0.5) is 17.6 Å². The number of amides is 1. The number of nitrogens with one attached hydrogen (secondary N) is 1. The Kier molecular flexibility index (Phi) is 6.54. The first-order valence-corrected chi connectivity index (χ1v) is 12.0. The maximum absolute atomic E-state index is 13.1. The molecule has 0 bridgehead atoms. The number of hydrogen-bond acceptors (Lipinski definition) is 6. The van der Waals surface area contributed by atoms with Gasteiger partial charge in [0.2, 0.25) is 11.8 Å². The molecule has 1 aliphatic carbocycles. The quantitative estimate of drug-likeness (QED) is 0.386. The third-order valence-electron chi connectivity index (χ3n) is 5.70. The average molecular weight is 512 g/mol. The molecule has 2 atom stereocenters. The zero-order chi connectivity index (χ0) is 25.4. The van der Waals surface area contributed by atoms with Crippen molar-refractivity contribution in [2.75, 3.05) is 7.11 Å². The van der Waals surface area contributed by atoms with Crippen LogP contribution in [0.25, 0.3) is 5.69 Å². The van der Waals surface area contributed by atoms with E-state index in [1.165, 1.54) is 36.2 Å². The maximum atomic E-state index is 13.1. The Labute approximate surface area is 197 Å². The zero-order valence-corrected chi connectivity index (χ0v) is 19.1. The number of methoxy groups -OCH3 is 1. The van der Waals surface area contributed by atoms with Gasteiger partial charge in [0.1, 0.15) is 11.5 Å². The summed E-state index contributed by atoms with van der Waals surface area (Å²) in [6.07, 6.45) is -1.53. The Bertz CT molecular complexity index is 1320. The van der Waals surface area contributed by atoms with Crippen molar-refractivity contribution >= 4 is 15.7 Å². The second-order valence-corrected chi connectivity index (χ2v) is 10.1. The summed E-state index contributed by atoms with van der Waals surface area (Å²) >= 11 is 0. The number of hydrogen-bond donors (Lipinski definition) is 1. The highest BCUT2D eigenvalue weighted by Gasteiger charge is 2.42. The van der Waals surface area contributed by atoms with Gasteiger partial charge < -0.3 is 10.1 Å². The topological polar surface area (TPSA) is 103 Å². The SMILES string of the molecule is COc1nn(-c2ccc(C(F)(F)F)nc2)cc1CC(=O)NC1CCC1S(=O)(=O)c1ccc(F)cc1. The van der Waals surface area contributed by atoms with E-state index in [2.05, 4.69) is 15.4 Å². The van der Waals surface area contributed by atoms with Gasteiger partial charge in [0, 0.05) is 17.8 Å². The van der Waals surface area contributed by atoms with Crippen LogP contribution in [0.1, 0.15) is 24.1 Å². The van der Waals surface area contributed by atoms with Crippen molar-refractivity contribution in [3.63, 3.8) is 0 Å². The molecule has 2 heterocycles. The number of pyridine rings is 1. The average Bonchev–Trinajstić information content (AvgIpc) is 3.19. The predicted molar refractivity (Wildman–Crippen MR) is 115 cm³/mol. The molecule has 0 spiro atoms. The molecule has 1 saturated carbocycles. The number of nitrogens with zero attached hydrogens (tertiary/aromatic N) is 3. The fourth-order valence-corrected chi connectivity index (χ4v) is 5.69. The normalized spacial score (nSPS) is 18.1. The molecule has 3 aromatic rings. The molecule has 2 aromatic heterocycles. The maximum Gasteiger partial charge on any atom is 0.433 e. The summed E-state index contributed by atoms with van der Waals surface area (Å²) in [4.78, 5) is 16.0. The van der Waals surface area contributed by atoms with E-state index >= 15 is 0 Å². The molecule has 8 nitrogen and oxygen atoms in total. The van der Waals surface area contributed by atoms with E-state index < -0.39 is 44.7 Å². The smallest absolute Gasteiger partial charge is 0.433 e. The van der Waals surface area contributed by atoms with E-state index in [0.717, 1.165) is 24.4 Å². The number of carbonyl (C=O) groups excluding carboxylic acids is 1. The molecule has 1 aromatic carbocycles. The second-order valence-electron chi connectivity index (χ2n) is 7.97. The monoisotopic (exact) mass is 512 g/mol. The highest BCUT2D eigenvalue weighted by atomic mass is 32.2. The lowest BCUT2D eigenvalue weighted by Crippen LogP contribution is -2.54. The van der Waals surface area contributed by atoms with Gasteiger partial charge in [-0.25, -0.2) is 22.5 Å². The van der Waals surface area contributed by atoms with Gasteiger partial charge >= 0.3 is 6.18 Å². The minimum absolute atomic E-state index is 0.0176. The Morgan fingerprint density at radius 3 is 2.43 bits per heavy atom. The molecule has 1 fully saturated rings. The first kappa shape index (κ1) is 24.6. The molecular weight excluding hydrogens is 492 g/mol. The van der Waals surface area contributed by atoms with E-state index in [0.29, 0.717) is 18.4 Å². The summed E-state index contributed by atoms with van der Waals surface area (Å²) in [6, 6.07) is 5.90. The second kappa shape index (κ2) is 9.29. The number of halogens is 4. The van der Waals surface area contributed by atoms with Gasteiger partial charge in [0.25, 0.3) is 0 Å². The third kappa shape index (κ3) is 5.14. The van der Waals surface area contributed by atoms with Gasteiger partial charge in [-0.1, -0.05) is 0 Å². The number of aromatic nitrogens is 3. The summed E-state index contributed by atoms with van der Waals surface area (Å²) in [6.45, 7) is 0. The molecule has 186 valence electrons. The van der Waals surface area contributed by atoms with Crippen LogP contribution in [-0.4, -0.2) is 47.5 Å².